The van der Waals surface area contributed by atoms with Gasteiger partial charge in [-0.25, -0.2) is 0 Å². The van der Waals surface area contributed by atoms with Gasteiger partial charge < -0.3 is 20.5 Å². The van der Waals surface area contributed by atoms with Crippen molar-refractivity contribution in [1.82, 2.24) is 4.90 Å². The van der Waals surface area contributed by atoms with Crippen LogP contribution in [0, 0.1) is 0 Å². The van der Waals surface area contributed by atoms with Crippen LogP contribution in [-0.4, -0.2) is 41.5 Å². The van der Waals surface area contributed by atoms with Crippen molar-refractivity contribution in [1.29, 1.82) is 0 Å². The van der Waals surface area contributed by atoms with Gasteiger partial charge >= 0.3 is 0 Å². The van der Waals surface area contributed by atoms with E-state index in [1.807, 2.05) is 56.3 Å². The second-order valence-electron chi connectivity index (χ2n) is 8.81. The minimum atomic E-state index is -0.298. The Balaban J connectivity index is 1.39. The summed E-state index contributed by atoms with van der Waals surface area (Å²) in [6.07, 6.45) is 2.52. The Morgan fingerprint density at radius 1 is 1.23 bits per heavy atom. The van der Waals surface area contributed by atoms with E-state index in [1.54, 1.807) is 0 Å². The smallest absolute Gasteiger partial charge is 0.262 e. The summed E-state index contributed by atoms with van der Waals surface area (Å²) in [5, 5.41) is 2.94. The van der Waals surface area contributed by atoms with Crippen molar-refractivity contribution < 1.29 is 19.1 Å². The quantitative estimate of drug-likeness (QED) is 0.714. The number of ether oxygens (including phenoxy) is 2. The zero-order valence-corrected chi connectivity index (χ0v) is 18.0. The van der Waals surface area contributed by atoms with Crippen LogP contribution in [0.4, 0.5) is 5.69 Å². The molecule has 2 aliphatic rings. The molecule has 7 heteroatoms. The number of fused-ring (bicyclic) bond motifs is 1. The summed E-state index contributed by atoms with van der Waals surface area (Å²) in [7, 11) is 0. The molecular weight excluding hydrogens is 394 g/mol. The maximum Gasteiger partial charge on any atom is 0.262 e. The molecule has 0 aromatic heterocycles. The van der Waals surface area contributed by atoms with Crippen LogP contribution in [0.3, 0.4) is 0 Å². The lowest BCUT2D eigenvalue weighted by Gasteiger charge is -2.23. The van der Waals surface area contributed by atoms with Crippen molar-refractivity contribution >= 4 is 17.5 Å². The monoisotopic (exact) mass is 423 g/mol. The third-order valence-corrected chi connectivity index (χ3v) is 5.77. The number of anilines is 1. The molecule has 0 spiro atoms. The van der Waals surface area contributed by atoms with Gasteiger partial charge in [-0.3, -0.25) is 14.5 Å². The number of nitrogens with one attached hydrogen (secondary N) is 1. The number of nitrogens with two attached hydrogens (primary N) is 1. The summed E-state index contributed by atoms with van der Waals surface area (Å²) in [5.41, 5.74) is 7.99. The Morgan fingerprint density at radius 3 is 2.84 bits per heavy atom. The Kier molecular flexibility index (Phi) is 5.87. The van der Waals surface area contributed by atoms with E-state index in [2.05, 4.69) is 10.2 Å². The first kappa shape index (κ1) is 21.2. The molecule has 0 radical (unpaired) electrons. The fraction of sp³-hybridized carbons (Fsp3) is 0.417. The molecule has 31 heavy (non-hydrogen) atoms. The molecule has 0 aliphatic carbocycles. The molecule has 1 atom stereocenters. The molecule has 4 rings (SSSR count). The first-order chi connectivity index (χ1) is 14.8. The lowest BCUT2D eigenvalue weighted by molar-refractivity contribution is -0.122. The molecule has 2 heterocycles. The zero-order valence-electron chi connectivity index (χ0n) is 18.0. The molecule has 3 N–H and O–H groups in total. The SMILES string of the molecule is CC1(C)Cc2cccc(OCC(=O)Nc3ccccc3CN3CCCC3C(N)=O)c2O1. The summed E-state index contributed by atoms with van der Waals surface area (Å²) in [5.74, 6) is 0.739. The summed E-state index contributed by atoms with van der Waals surface area (Å²) in [4.78, 5) is 26.4. The van der Waals surface area contributed by atoms with Gasteiger partial charge in [0.15, 0.2) is 18.1 Å². The molecule has 2 aromatic carbocycles. The molecule has 1 unspecified atom stereocenters. The third kappa shape index (κ3) is 4.82. The highest BCUT2D eigenvalue weighted by atomic mass is 16.5. The second kappa shape index (κ2) is 8.59. The fourth-order valence-corrected chi connectivity index (χ4v) is 4.37. The van der Waals surface area contributed by atoms with E-state index in [0.29, 0.717) is 23.7 Å². The third-order valence-electron chi connectivity index (χ3n) is 5.77. The van der Waals surface area contributed by atoms with Crippen LogP contribution in [-0.2, 0) is 22.6 Å². The number of hydrogen-bond acceptors (Lipinski definition) is 5. The molecule has 2 aliphatic heterocycles. The predicted molar refractivity (Wildman–Crippen MR) is 118 cm³/mol. The summed E-state index contributed by atoms with van der Waals surface area (Å²) in [6, 6.07) is 13.1. The molecule has 2 amide bonds. The summed E-state index contributed by atoms with van der Waals surface area (Å²) >= 11 is 0. The molecule has 0 saturated carbocycles. The maximum atomic E-state index is 12.6. The van der Waals surface area contributed by atoms with E-state index < -0.39 is 0 Å². The standard InChI is InChI=1S/C24H29N3O4/c1-24(2)13-16-8-5-11-20(22(16)31-24)30-15-21(28)26-18-9-4-3-7-17(18)14-27-12-6-10-19(27)23(25)29/h3-5,7-9,11,19H,6,10,12-15H2,1-2H3,(H2,25,29)(H,26,28). The molecule has 164 valence electrons. The van der Waals surface area contributed by atoms with Crippen molar-refractivity contribution in [2.75, 3.05) is 18.5 Å². The number of carbonyl (C=O) groups excluding carboxylic acids is 2. The number of benzene rings is 2. The lowest BCUT2D eigenvalue weighted by atomic mass is 10.0. The van der Waals surface area contributed by atoms with E-state index in [0.717, 1.165) is 36.9 Å². The molecule has 2 aromatic rings. The average molecular weight is 424 g/mol. The first-order valence-corrected chi connectivity index (χ1v) is 10.7. The zero-order chi connectivity index (χ0) is 22.0. The van der Waals surface area contributed by atoms with Crippen molar-refractivity contribution in [2.45, 2.75) is 51.3 Å². The number of primary amides is 1. The van der Waals surface area contributed by atoms with Crippen molar-refractivity contribution in [3.05, 3.63) is 53.6 Å². The van der Waals surface area contributed by atoms with Gasteiger partial charge in [-0.15, -0.1) is 0 Å². The fourth-order valence-electron chi connectivity index (χ4n) is 4.37. The van der Waals surface area contributed by atoms with Crippen LogP contribution in [0.5, 0.6) is 11.5 Å². The lowest BCUT2D eigenvalue weighted by Crippen LogP contribution is -2.39. The highest BCUT2D eigenvalue weighted by Gasteiger charge is 2.32. The van der Waals surface area contributed by atoms with Gasteiger partial charge in [-0.1, -0.05) is 30.3 Å². The Bertz CT molecular complexity index is 989. The Morgan fingerprint density at radius 2 is 2.03 bits per heavy atom. The number of amides is 2. The number of likely N-dealkylation sites (tertiary alicyclic amines) is 1. The van der Waals surface area contributed by atoms with Gasteiger partial charge in [0.25, 0.3) is 5.91 Å². The summed E-state index contributed by atoms with van der Waals surface area (Å²) in [6.45, 7) is 5.31. The molecule has 7 nitrogen and oxygen atoms in total. The van der Waals surface area contributed by atoms with Gasteiger partial charge in [0, 0.05) is 24.2 Å². The average Bonchev–Trinajstić information content (AvgIpc) is 3.30. The van der Waals surface area contributed by atoms with Gasteiger partial charge in [0.2, 0.25) is 5.91 Å². The minimum Gasteiger partial charge on any atom is -0.483 e. The highest BCUT2D eigenvalue weighted by Crippen LogP contribution is 2.41. The topological polar surface area (TPSA) is 93.9 Å². The van der Waals surface area contributed by atoms with E-state index in [9.17, 15) is 9.59 Å². The molecular formula is C24H29N3O4. The van der Waals surface area contributed by atoms with Gasteiger partial charge in [0.1, 0.15) is 5.60 Å². The van der Waals surface area contributed by atoms with Crippen LogP contribution in [0.1, 0.15) is 37.8 Å². The second-order valence-corrected chi connectivity index (χ2v) is 8.81. The largest absolute Gasteiger partial charge is 0.483 e. The van der Waals surface area contributed by atoms with Crippen LogP contribution in [0.15, 0.2) is 42.5 Å². The Labute approximate surface area is 182 Å². The van der Waals surface area contributed by atoms with Crippen LogP contribution >= 0.6 is 0 Å². The highest BCUT2D eigenvalue weighted by molar-refractivity contribution is 5.92. The summed E-state index contributed by atoms with van der Waals surface area (Å²) < 4.78 is 11.8. The first-order valence-electron chi connectivity index (χ1n) is 10.7. The maximum absolute atomic E-state index is 12.6. The van der Waals surface area contributed by atoms with Gasteiger partial charge in [-0.2, -0.15) is 0 Å². The van der Waals surface area contributed by atoms with E-state index >= 15 is 0 Å². The normalized spacial score (nSPS) is 19.5. The van der Waals surface area contributed by atoms with Crippen molar-refractivity contribution in [3.8, 4) is 11.5 Å². The molecule has 1 saturated heterocycles. The van der Waals surface area contributed by atoms with Gasteiger partial charge in [0.05, 0.1) is 6.04 Å². The van der Waals surface area contributed by atoms with Crippen molar-refractivity contribution in [2.24, 2.45) is 5.73 Å². The minimum absolute atomic E-state index is 0.123. The van der Waals surface area contributed by atoms with Crippen molar-refractivity contribution in [3.63, 3.8) is 0 Å². The predicted octanol–water partition coefficient (Wildman–Crippen LogP) is 2.87. The van der Waals surface area contributed by atoms with E-state index in [1.165, 1.54) is 0 Å². The van der Waals surface area contributed by atoms with Crippen LogP contribution in [0.25, 0.3) is 0 Å². The Hall–Kier alpha value is -3.06. The van der Waals surface area contributed by atoms with E-state index in [4.69, 9.17) is 15.2 Å². The molecule has 1 fully saturated rings. The van der Waals surface area contributed by atoms with E-state index in [-0.39, 0.29) is 30.1 Å². The van der Waals surface area contributed by atoms with Crippen LogP contribution < -0.4 is 20.5 Å². The number of para-hydroxylation sites is 2. The number of hydrogen-bond donors (Lipinski definition) is 2. The number of rotatable bonds is 7. The number of nitrogens with zero attached hydrogens (tertiary/aromatic N) is 1. The van der Waals surface area contributed by atoms with Gasteiger partial charge in [-0.05, 0) is 50.9 Å². The number of carbonyl (C=O) groups is 2. The molecule has 0 bridgehead atoms. The van der Waals surface area contributed by atoms with Crippen LogP contribution in [0.2, 0.25) is 0 Å².